The van der Waals surface area contributed by atoms with Crippen LogP contribution < -0.4 is 20.1 Å². The summed E-state index contributed by atoms with van der Waals surface area (Å²) < 4.78 is 47.3. The second-order valence-corrected chi connectivity index (χ2v) is 8.45. The van der Waals surface area contributed by atoms with Crippen LogP contribution in [-0.4, -0.2) is 35.6 Å². The molecule has 0 aliphatic heterocycles. The van der Waals surface area contributed by atoms with Crippen molar-refractivity contribution in [1.82, 2.24) is 10.3 Å². The third kappa shape index (κ3) is 4.59. The molecule has 3 fully saturated rings. The lowest BCUT2D eigenvalue weighted by Crippen LogP contribution is -2.59. The van der Waals surface area contributed by atoms with Gasteiger partial charge in [-0.3, -0.25) is 9.59 Å². The van der Waals surface area contributed by atoms with Gasteiger partial charge in [0, 0.05) is 17.7 Å². The molecule has 3 saturated carbocycles. The number of alkyl halides is 2. The number of aromatic nitrogens is 1. The van der Waals surface area contributed by atoms with Crippen molar-refractivity contribution < 1.29 is 32.2 Å². The Morgan fingerprint density at radius 3 is 2.62 bits per heavy atom. The molecule has 11 heteroatoms. The fourth-order valence-corrected chi connectivity index (χ4v) is 4.54. The average Bonchev–Trinajstić information content (AvgIpc) is 3.27. The van der Waals surface area contributed by atoms with Crippen molar-refractivity contribution in [2.45, 2.75) is 37.8 Å². The molecule has 1 aromatic heterocycles. The first-order valence-electron chi connectivity index (χ1n) is 9.80. The summed E-state index contributed by atoms with van der Waals surface area (Å²) in [5, 5.41) is 5.63. The summed E-state index contributed by atoms with van der Waals surface area (Å²) in [5.41, 5.74) is -0.718. The first-order valence-corrected chi connectivity index (χ1v) is 10.2. The number of nitrogens with zero attached hydrogens (tertiary/aromatic N) is 1. The maximum absolute atomic E-state index is 13.5. The van der Waals surface area contributed by atoms with Crippen molar-refractivity contribution in [3.63, 3.8) is 0 Å². The van der Waals surface area contributed by atoms with Gasteiger partial charge in [0.05, 0.1) is 22.3 Å². The molecule has 32 heavy (non-hydrogen) atoms. The quantitative estimate of drug-likeness (QED) is 0.611. The Kier molecular flexibility index (Phi) is 5.89. The van der Waals surface area contributed by atoms with Crippen LogP contribution in [-0.2, 0) is 9.59 Å². The van der Waals surface area contributed by atoms with Gasteiger partial charge in [-0.1, -0.05) is 11.6 Å². The Balaban J connectivity index is 1.27. The van der Waals surface area contributed by atoms with Crippen LogP contribution in [0.1, 0.15) is 25.7 Å². The van der Waals surface area contributed by atoms with Gasteiger partial charge in [0.1, 0.15) is 11.6 Å². The van der Waals surface area contributed by atoms with Crippen LogP contribution in [0.2, 0.25) is 5.02 Å². The molecule has 3 aliphatic carbocycles. The number of carbonyl (C=O) groups excluding carboxylic acids is 2. The Morgan fingerprint density at radius 2 is 1.97 bits per heavy atom. The summed E-state index contributed by atoms with van der Waals surface area (Å²) in [4.78, 5) is 28.8. The predicted octanol–water partition coefficient (Wildman–Crippen LogP) is 3.92. The van der Waals surface area contributed by atoms with Gasteiger partial charge in [-0.2, -0.15) is 8.78 Å². The van der Waals surface area contributed by atoms with E-state index in [4.69, 9.17) is 16.3 Å². The summed E-state index contributed by atoms with van der Waals surface area (Å²) in [5.74, 6) is -1.27. The van der Waals surface area contributed by atoms with Crippen molar-refractivity contribution in [3.8, 4) is 11.6 Å². The topological polar surface area (TPSA) is 89.5 Å². The van der Waals surface area contributed by atoms with E-state index in [1.807, 2.05) is 0 Å². The maximum atomic E-state index is 13.5. The molecule has 7 nitrogen and oxygen atoms in total. The largest absolute Gasteiger partial charge is 0.484 e. The SMILES string of the molecule is O=C(COc1ccc(Cl)c(F)c1)NC12CCC(C(=O)Nc3ccc(OC(F)F)nc3)(C1)C2. The minimum atomic E-state index is -2.98. The molecule has 2 N–H and O–H groups in total. The predicted molar refractivity (Wildman–Crippen MR) is 108 cm³/mol. The Morgan fingerprint density at radius 1 is 1.19 bits per heavy atom. The minimum Gasteiger partial charge on any atom is -0.484 e. The zero-order valence-corrected chi connectivity index (χ0v) is 17.4. The summed E-state index contributed by atoms with van der Waals surface area (Å²) in [6.45, 7) is -3.27. The van der Waals surface area contributed by atoms with Crippen molar-refractivity contribution in [2.24, 2.45) is 5.41 Å². The van der Waals surface area contributed by atoms with Crippen LogP contribution in [0.25, 0.3) is 0 Å². The highest BCUT2D eigenvalue weighted by atomic mass is 35.5. The van der Waals surface area contributed by atoms with E-state index < -0.39 is 23.4 Å². The number of ether oxygens (including phenoxy) is 2. The Labute approximate surface area is 186 Å². The van der Waals surface area contributed by atoms with Gasteiger partial charge < -0.3 is 20.1 Å². The fourth-order valence-electron chi connectivity index (χ4n) is 4.43. The van der Waals surface area contributed by atoms with E-state index in [1.165, 1.54) is 30.5 Å². The zero-order chi connectivity index (χ0) is 22.9. The molecule has 0 atom stereocenters. The Bertz CT molecular complexity index is 1030. The minimum absolute atomic E-state index is 0.0380. The number of nitrogens with one attached hydrogen (secondary N) is 2. The number of hydrogen-bond acceptors (Lipinski definition) is 5. The van der Waals surface area contributed by atoms with E-state index >= 15 is 0 Å². The molecule has 2 amide bonds. The molecule has 170 valence electrons. The third-order valence-electron chi connectivity index (χ3n) is 5.79. The van der Waals surface area contributed by atoms with E-state index in [0.29, 0.717) is 31.4 Å². The average molecular weight is 470 g/mol. The molecule has 5 rings (SSSR count). The van der Waals surface area contributed by atoms with Crippen molar-refractivity contribution in [1.29, 1.82) is 0 Å². The number of anilines is 1. The number of halogens is 4. The normalized spacial score (nSPS) is 23.4. The van der Waals surface area contributed by atoms with E-state index in [-0.39, 0.29) is 35.1 Å². The third-order valence-corrected chi connectivity index (χ3v) is 6.09. The molecule has 3 aliphatic rings. The number of benzene rings is 1. The number of fused-ring (bicyclic) bond motifs is 1. The van der Waals surface area contributed by atoms with E-state index in [0.717, 1.165) is 6.07 Å². The van der Waals surface area contributed by atoms with Crippen molar-refractivity contribution in [2.75, 3.05) is 11.9 Å². The summed E-state index contributed by atoms with van der Waals surface area (Å²) in [6, 6.07) is 6.58. The van der Waals surface area contributed by atoms with Crippen LogP contribution in [0.4, 0.5) is 18.9 Å². The molecular weight excluding hydrogens is 451 g/mol. The standard InChI is InChI=1S/C21H19ClF3N3O4/c22-14-3-2-13(7-15(14)23)31-9-16(29)28-21-6-5-20(10-21,11-21)18(30)27-12-1-4-17(26-8-12)32-19(24)25/h1-4,7-8,19H,5-6,9-11H2,(H,27,30)(H,28,29). The molecule has 1 aromatic carbocycles. The molecule has 0 unspecified atom stereocenters. The number of rotatable bonds is 8. The number of amides is 2. The second kappa shape index (κ2) is 8.50. The van der Waals surface area contributed by atoms with Gasteiger partial charge in [-0.15, -0.1) is 0 Å². The number of carbonyl (C=O) groups is 2. The van der Waals surface area contributed by atoms with E-state index in [2.05, 4.69) is 20.4 Å². The number of hydrogen-bond donors (Lipinski definition) is 2. The summed E-state index contributed by atoms with van der Waals surface area (Å²) in [7, 11) is 0. The summed E-state index contributed by atoms with van der Waals surface area (Å²) in [6.07, 6.45) is 3.44. The Hall–Kier alpha value is -3.01. The molecular formula is C21H19ClF3N3O4. The molecule has 0 saturated heterocycles. The molecule has 2 aromatic rings. The lowest BCUT2D eigenvalue weighted by molar-refractivity contribution is -0.134. The first-order chi connectivity index (χ1) is 15.2. The monoisotopic (exact) mass is 469 g/mol. The number of pyridine rings is 1. The van der Waals surface area contributed by atoms with E-state index in [9.17, 15) is 22.8 Å². The van der Waals surface area contributed by atoms with Gasteiger partial charge in [0.25, 0.3) is 5.91 Å². The highest BCUT2D eigenvalue weighted by molar-refractivity contribution is 6.30. The van der Waals surface area contributed by atoms with Crippen LogP contribution in [0.3, 0.4) is 0 Å². The van der Waals surface area contributed by atoms with Gasteiger partial charge in [-0.05, 0) is 43.9 Å². The first kappa shape index (κ1) is 22.2. The lowest BCUT2D eigenvalue weighted by Gasteiger charge is -2.46. The molecule has 0 spiro atoms. The van der Waals surface area contributed by atoms with Crippen LogP contribution in [0.15, 0.2) is 36.5 Å². The summed E-state index contributed by atoms with van der Waals surface area (Å²) >= 11 is 5.62. The molecule has 2 bridgehead atoms. The van der Waals surface area contributed by atoms with Gasteiger partial charge >= 0.3 is 6.61 Å². The van der Waals surface area contributed by atoms with Crippen LogP contribution >= 0.6 is 11.6 Å². The highest BCUT2D eigenvalue weighted by Gasteiger charge is 2.64. The zero-order valence-electron chi connectivity index (χ0n) is 16.7. The van der Waals surface area contributed by atoms with Gasteiger partial charge in [0.15, 0.2) is 6.61 Å². The lowest BCUT2D eigenvalue weighted by atomic mass is 9.64. The second-order valence-electron chi connectivity index (χ2n) is 8.04. The van der Waals surface area contributed by atoms with Gasteiger partial charge in [-0.25, -0.2) is 9.37 Å². The van der Waals surface area contributed by atoms with Crippen molar-refractivity contribution in [3.05, 3.63) is 47.4 Å². The highest BCUT2D eigenvalue weighted by Crippen LogP contribution is 2.61. The molecule has 0 radical (unpaired) electrons. The van der Waals surface area contributed by atoms with Crippen molar-refractivity contribution >= 4 is 29.1 Å². The smallest absolute Gasteiger partial charge is 0.388 e. The molecule has 1 heterocycles. The van der Waals surface area contributed by atoms with E-state index in [1.54, 1.807) is 0 Å². The van der Waals surface area contributed by atoms with Crippen LogP contribution in [0, 0.1) is 11.2 Å². The maximum Gasteiger partial charge on any atom is 0.388 e. The van der Waals surface area contributed by atoms with Crippen LogP contribution in [0.5, 0.6) is 11.6 Å². The van der Waals surface area contributed by atoms with Gasteiger partial charge in [0.2, 0.25) is 11.8 Å². The fraction of sp³-hybridized carbons (Fsp3) is 0.381.